The maximum Gasteiger partial charge on any atom is 0.277 e. The van der Waals surface area contributed by atoms with Crippen LogP contribution in [0, 0.1) is 0 Å². The number of thioether (sulfide) groups is 1. The molecule has 84 valence electrons. The molecule has 1 rings (SSSR count). The van der Waals surface area contributed by atoms with Crippen molar-refractivity contribution >= 4 is 17.7 Å². The largest absolute Gasteiger partial charge is 0.410 e. The first-order valence-corrected chi connectivity index (χ1v) is 5.48. The van der Waals surface area contributed by atoms with Crippen molar-refractivity contribution in [1.29, 1.82) is 0 Å². The molecule has 0 aliphatic carbocycles. The molecule has 1 aromatic heterocycles. The first-order chi connectivity index (χ1) is 7.00. The molecular formula is C8H15N4O2S+. The highest BCUT2D eigenvalue weighted by Crippen LogP contribution is 2.17. The van der Waals surface area contributed by atoms with E-state index in [0.29, 0.717) is 16.9 Å². The second kappa shape index (κ2) is 5.13. The van der Waals surface area contributed by atoms with Gasteiger partial charge in [-0.3, -0.25) is 4.79 Å². The van der Waals surface area contributed by atoms with Gasteiger partial charge in [0.2, 0.25) is 5.91 Å². The van der Waals surface area contributed by atoms with Gasteiger partial charge in [0.1, 0.15) is 0 Å². The monoisotopic (exact) mass is 231 g/mol. The van der Waals surface area contributed by atoms with Crippen LogP contribution in [0.3, 0.4) is 0 Å². The molecule has 0 aliphatic heterocycles. The Morgan fingerprint density at radius 3 is 2.73 bits per heavy atom. The molecule has 1 heterocycles. The van der Waals surface area contributed by atoms with E-state index in [1.54, 1.807) is 14.1 Å². The van der Waals surface area contributed by atoms with E-state index >= 15 is 0 Å². The zero-order valence-electron chi connectivity index (χ0n) is 9.06. The molecular weight excluding hydrogens is 216 g/mol. The molecule has 0 spiro atoms. The van der Waals surface area contributed by atoms with Crippen molar-refractivity contribution in [1.82, 2.24) is 15.1 Å². The molecule has 15 heavy (non-hydrogen) atoms. The summed E-state index contributed by atoms with van der Waals surface area (Å²) in [7, 11) is 3.42. The summed E-state index contributed by atoms with van der Waals surface area (Å²) in [5.74, 6) is 0.817. The van der Waals surface area contributed by atoms with Gasteiger partial charge in [-0.05, 0) is 6.92 Å². The molecule has 0 aliphatic rings. The maximum absolute atomic E-state index is 11.3. The van der Waals surface area contributed by atoms with Crippen molar-refractivity contribution < 1.29 is 14.9 Å². The number of carbonyl (C=O) groups is 1. The SMILES string of the molecule is CC([NH3+])c1nnc(SCC(=O)N(C)C)o1. The van der Waals surface area contributed by atoms with Gasteiger partial charge in [-0.15, -0.1) is 10.2 Å². The van der Waals surface area contributed by atoms with Crippen LogP contribution in [0.25, 0.3) is 0 Å². The lowest BCUT2D eigenvalue weighted by Crippen LogP contribution is -2.51. The van der Waals surface area contributed by atoms with Gasteiger partial charge >= 0.3 is 0 Å². The van der Waals surface area contributed by atoms with Gasteiger partial charge in [-0.25, -0.2) is 0 Å². The number of carbonyl (C=O) groups excluding carboxylic acids is 1. The number of hydrogen-bond acceptors (Lipinski definition) is 5. The summed E-state index contributed by atoms with van der Waals surface area (Å²) in [5, 5.41) is 8.03. The third-order valence-electron chi connectivity index (χ3n) is 1.66. The zero-order valence-corrected chi connectivity index (χ0v) is 9.87. The first-order valence-electron chi connectivity index (χ1n) is 4.50. The summed E-state index contributed by atoms with van der Waals surface area (Å²) in [5.41, 5.74) is 3.76. The fourth-order valence-electron chi connectivity index (χ4n) is 0.730. The highest BCUT2D eigenvalue weighted by atomic mass is 32.2. The van der Waals surface area contributed by atoms with Crippen molar-refractivity contribution in [3.63, 3.8) is 0 Å². The van der Waals surface area contributed by atoms with E-state index in [2.05, 4.69) is 15.9 Å². The van der Waals surface area contributed by atoms with Gasteiger partial charge in [-0.1, -0.05) is 11.8 Å². The Bertz CT molecular complexity index is 337. The van der Waals surface area contributed by atoms with Crippen LogP contribution in [-0.4, -0.2) is 40.9 Å². The number of rotatable bonds is 4. The minimum atomic E-state index is -0.0311. The van der Waals surface area contributed by atoms with Gasteiger partial charge < -0.3 is 15.1 Å². The van der Waals surface area contributed by atoms with E-state index in [-0.39, 0.29) is 11.9 Å². The maximum atomic E-state index is 11.3. The lowest BCUT2D eigenvalue weighted by atomic mass is 10.4. The zero-order chi connectivity index (χ0) is 11.4. The summed E-state index contributed by atoms with van der Waals surface area (Å²) < 4.78 is 5.28. The van der Waals surface area contributed by atoms with E-state index in [0.717, 1.165) is 0 Å². The molecule has 3 N–H and O–H groups in total. The molecule has 1 aromatic rings. The van der Waals surface area contributed by atoms with Gasteiger partial charge in [0, 0.05) is 14.1 Å². The molecule has 0 radical (unpaired) electrons. The van der Waals surface area contributed by atoms with Crippen molar-refractivity contribution in [2.75, 3.05) is 19.8 Å². The van der Waals surface area contributed by atoms with E-state index in [1.165, 1.54) is 16.7 Å². The summed E-state index contributed by atoms with van der Waals surface area (Å²) in [6.45, 7) is 1.87. The minimum Gasteiger partial charge on any atom is -0.410 e. The topological polar surface area (TPSA) is 86.9 Å². The third kappa shape index (κ3) is 3.52. The Morgan fingerprint density at radius 2 is 2.27 bits per heavy atom. The number of nitrogens with zero attached hydrogens (tertiary/aromatic N) is 3. The normalized spacial score (nSPS) is 12.5. The number of hydrogen-bond donors (Lipinski definition) is 1. The van der Waals surface area contributed by atoms with E-state index < -0.39 is 0 Å². The molecule has 0 aromatic carbocycles. The lowest BCUT2D eigenvalue weighted by molar-refractivity contribution is -0.425. The summed E-state index contributed by atoms with van der Waals surface area (Å²) in [4.78, 5) is 12.8. The van der Waals surface area contributed by atoms with Crippen molar-refractivity contribution in [2.45, 2.75) is 18.2 Å². The average molecular weight is 231 g/mol. The molecule has 7 heteroatoms. The van der Waals surface area contributed by atoms with E-state index in [4.69, 9.17) is 4.42 Å². The Labute approximate surface area is 92.2 Å². The molecule has 1 amide bonds. The van der Waals surface area contributed by atoms with Gasteiger partial charge in [0.25, 0.3) is 11.1 Å². The smallest absolute Gasteiger partial charge is 0.277 e. The van der Waals surface area contributed by atoms with Crippen LogP contribution in [0.2, 0.25) is 0 Å². The predicted molar refractivity (Wildman–Crippen MR) is 55.0 cm³/mol. The molecule has 0 bridgehead atoms. The second-order valence-electron chi connectivity index (χ2n) is 3.38. The number of amides is 1. The summed E-state index contributed by atoms with van der Waals surface area (Å²) >= 11 is 1.24. The fraction of sp³-hybridized carbons (Fsp3) is 0.625. The lowest BCUT2D eigenvalue weighted by Gasteiger charge is -2.07. The van der Waals surface area contributed by atoms with Crippen molar-refractivity contribution in [3.05, 3.63) is 5.89 Å². The molecule has 1 atom stereocenters. The summed E-state index contributed by atoms with van der Waals surface area (Å²) in [6, 6.07) is -0.0311. The van der Waals surface area contributed by atoms with Gasteiger partial charge in [0.15, 0.2) is 6.04 Å². The quantitative estimate of drug-likeness (QED) is 0.709. The Kier molecular flexibility index (Phi) is 4.10. The average Bonchev–Trinajstić information content (AvgIpc) is 2.62. The standard InChI is InChI=1S/C8H14N4O2S/c1-5(9)7-10-11-8(14-7)15-4-6(13)12(2)3/h5H,4,9H2,1-3H3/p+1. The predicted octanol–water partition coefficient (Wildman–Crippen LogP) is -0.447. The van der Waals surface area contributed by atoms with Gasteiger partial charge in [-0.2, -0.15) is 0 Å². The number of quaternary nitrogens is 1. The highest BCUT2D eigenvalue weighted by Gasteiger charge is 2.14. The second-order valence-corrected chi connectivity index (χ2v) is 4.31. The van der Waals surface area contributed by atoms with Crippen LogP contribution in [0.15, 0.2) is 9.64 Å². The molecule has 0 saturated heterocycles. The van der Waals surface area contributed by atoms with Crippen LogP contribution in [0.4, 0.5) is 0 Å². The van der Waals surface area contributed by atoms with Crippen molar-refractivity contribution in [2.24, 2.45) is 0 Å². The summed E-state index contributed by atoms with van der Waals surface area (Å²) in [6.07, 6.45) is 0. The minimum absolute atomic E-state index is 0.0161. The van der Waals surface area contributed by atoms with Crippen LogP contribution in [0.1, 0.15) is 18.9 Å². The van der Waals surface area contributed by atoms with E-state index in [9.17, 15) is 4.79 Å². The Balaban J connectivity index is 2.48. The van der Waals surface area contributed by atoms with Gasteiger partial charge in [0.05, 0.1) is 5.75 Å². The first kappa shape index (κ1) is 12.0. The molecule has 0 fully saturated rings. The van der Waals surface area contributed by atoms with E-state index in [1.807, 2.05) is 6.92 Å². The Morgan fingerprint density at radius 1 is 1.60 bits per heavy atom. The highest BCUT2D eigenvalue weighted by molar-refractivity contribution is 7.99. The molecule has 0 saturated carbocycles. The van der Waals surface area contributed by atoms with Crippen LogP contribution < -0.4 is 5.73 Å². The van der Waals surface area contributed by atoms with Crippen LogP contribution in [0.5, 0.6) is 0 Å². The van der Waals surface area contributed by atoms with Crippen molar-refractivity contribution in [3.8, 4) is 0 Å². The molecule has 6 nitrogen and oxygen atoms in total. The number of aromatic nitrogens is 2. The fourth-order valence-corrected chi connectivity index (χ4v) is 1.48. The Hall–Kier alpha value is -1.08. The molecule has 1 unspecified atom stereocenters. The third-order valence-corrected chi connectivity index (χ3v) is 2.46. The van der Waals surface area contributed by atoms with Crippen LogP contribution >= 0.6 is 11.8 Å². The van der Waals surface area contributed by atoms with Crippen LogP contribution in [-0.2, 0) is 4.79 Å².